The summed E-state index contributed by atoms with van der Waals surface area (Å²) in [6.45, 7) is 3.29. The number of fused-ring (bicyclic) bond motifs is 1. The normalized spacial score (nSPS) is 28.1. The third-order valence-corrected chi connectivity index (χ3v) is 23.3. The topological polar surface area (TPSA) is 273 Å². The maximum atomic E-state index is 15.5. The molecule has 21 atom stereocenters. The van der Waals surface area contributed by atoms with E-state index in [2.05, 4.69) is 0 Å². The number of benzene rings is 10. The van der Waals surface area contributed by atoms with Crippen molar-refractivity contribution in [1.29, 1.82) is 0 Å². The fourth-order valence-corrected chi connectivity index (χ4v) is 16.7. The summed E-state index contributed by atoms with van der Waals surface area (Å²) >= 11 is 0. The molecule has 0 aliphatic carbocycles. The Kier molecular flexibility index (Phi) is 30.5. The number of hydrogen-bond acceptors (Lipinski definition) is 25. The third kappa shape index (κ3) is 22.5. The van der Waals surface area contributed by atoms with Crippen molar-refractivity contribution in [2.24, 2.45) is 11.8 Å². The van der Waals surface area contributed by atoms with Gasteiger partial charge in [0.05, 0.1) is 87.3 Å². The monoisotopic (exact) mass is 1730 g/mol. The predicted molar refractivity (Wildman–Crippen MR) is 457 cm³/mol. The van der Waals surface area contributed by atoms with Crippen molar-refractivity contribution in [2.45, 2.75) is 163 Å². The number of amides is 1. The van der Waals surface area contributed by atoms with Crippen molar-refractivity contribution in [2.75, 3.05) is 53.3 Å². The highest BCUT2D eigenvalue weighted by Crippen LogP contribution is 2.47. The van der Waals surface area contributed by atoms with Crippen LogP contribution in [0.3, 0.4) is 0 Å². The maximum Gasteiger partial charge on any atom is 0.410 e. The molecular weight excluding hydrogens is 1630 g/mol. The van der Waals surface area contributed by atoms with Crippen LogP contribution >= 0.6 is 0 Å². The summed E-state index contributed by atoms with van der Waals surface area (Å²) in [7, 11) is 1.50. The molecule has 16 rings (SSSR count). The van der Waals surface area contributed by atoms with Crippen LogP contribution in [0, 0.1) is 11.8 Å². The van der Waals surface area contributed by atoms with Gasteiger partial charge in [-0.15, -0.1) is 0 Å². The van der Waals surface area contributed by atoms with Gasteiger partial charge in [-0.3, -0.25) is 0 Å². The summed E-state index contributed by atoms with van der Waals surface area (Å²) in [6.07, 6.45) is -24.2. The van der Waals surface area contributed by atoms with Crippen LogP contribution in [0.25, 0.3) is 0 Å². The van der Waals surface area contributed by atoms with Gasteiger partial charge in [-0.05, 0) is 70.8 Å². The van der Waals surface area contributed by atoms with Gasteiger partial charge in [-0.1, -0.05) is 269 Å². The van der Waals surface area contributed by atoms with E-state index in [9.17, 15) is 14.4 Å². The molecule has 6 aliphatic rings. The second kappa shape index (κ2) is 43.5. The first kappa shape index (κ1) is 89.2. The fraction of sp³-hybridized carbons (Fsp3) is 0.356. The minimum absolute atomic E-state index is 0.00940. The zero-order chi connectivity index (χ0) is 87.3. The molecule has 6 heterocycles. The lowest BCUT2D eigenvalue weighted by atomic mass is 9.85. The molecule has 1 amide bonds. The average molecular weight is 1730 g/mol. The van der Waals surface area contributed by atoms with Crippen LogP contribution in [-0.4, -0.2) is 192 Å². The van der Waals surface area contributed by atoms with E-state index in [4.69, 9.17) is 94.7 Å². The molecule has 127 heavy (non-hydrogen) atoms. The highest BCUT2D eigenvalue weighted by molar-refractivity contribution is 5.91. The molecule has 6 saturated heterocycles. The molecule has 26 nitrogen and oxygen atoms in total. The molecule has 0 radical (unpaired) electrons. The first-order valence-corrected chi connectivity index (χ1v) is 42.9. The minimum Gasteiger partial charge on any atom is -0.453 e. The highest BCUT2D eigenvalue weighted by atomic mass is 16.8. The van der Waals surface area contributed by atoms with Gasteiger partial charge in [0.15, 0.2) is 62.2 Å². The van der Waals surface area contributed by atoms with Gasteiger partial charge in [0.1, 0.15) is 48.8 Å². The largest absolute Gasteiger partial charge is 0.453 e. The Morgan fingerprint density at radius 2 is 0.795 bits per heavy atom. The third-order valence-electron chi connectivity index (χ3n) is 23.3. The lowest BCUT2D eigenvalue weighted by molar-refractivity contribution is -0.407. The minimum atomic E-state index is -1.70. The van der Waals surface area contributed by atoms with E-state index in [-0.39, 0.29) is 101 Å². The summed E-state index contributed by atoms with van der Waals surface area (Å²) in [5.74, 6) is -5.01. The quantitative estimate of drug-likeness (QED) is 0.0273. The van der Waals surface area contributed by atoms with Crippen molar-refractivity contribution in [3.05, 3.63) is 359 Å². The Hall–Kier alpha value is -11.3. The van der Waals surface area contributed by atoms with Crippen molar-refractivity contribution in [3.8, 4) is 0 Å². The van der Waals surface area contributed by atoms with Crippen LogP contribution in [0.5, 0.6) is 0 Å². The van der Waals surface area contributed by atoms with Crippen molar-refractivity contribution < 1.29 is 119 Å². The SMILES string of the molecule is COC1C(OC(=O)c2ccccc2)C(OC2C(COCc3ccccc3)OC(OC3C4OC(c5ccccc5)OCC4OC(OC4C(COCc5ccccc5)OC(OCCN(Cc5ccccc5)C(=O)OCc5ccccc5)C(OC(=O)c5ccccc5)C4C)C3OC(=O)c3ccccc3)C(OC(=O)c3ccccc3)C2C)OCC12CCOC(c1ccccc1)O2. The molecule has 6 fully saturated rings. The second-order valence-corrected chi connectivity index (χ2v) is 32.0. The number of methoxy groups -OCH3 is 1. The Morgan fingerprint density at radius 1 is 0.394 bits per heavy atom. The summed E-state index contributed by atoms with van der Waals surface area (Å²) in [5.41, 5.74) is 4.11. The number of nitrogens with zero attached hydrogens (tertiary/aromatic N) is 1. The van der Waals surface area contributed by atoms with Gasteiger partial charge in [-0.25, -0.2) is 24.0 Å². The van der Waals surface area contributed by atoms with Crippen LogP contribution in [-0.2, 0) is 121 Å². The number of carbonyl (C=O) groups is 5. The molecule has 6 aliphatic heterocycles. The standard InChI is InChI=1S/C101H103NO25/c1-66-82(78(62-109-59-69-36-16-5-17-37-69)116-96(83(66)119-90(103)72-42-22-8-23-43-72)112-57-55-102(58-68-34-14-4-15-35-68)100(107)114-61-71-40-20-7-21-41-71)124-99-87(121-92(105)74-46-26-10-27-47-74)86(85-80(118-99)64-113-94(125-85)76-50-30-12-31-51-76)126-98-84(120-91(104)73-44-24-9-25-45-73)67(2)81(79(117-98)63-110-60-70-38-18-6-19-39-70)123-97-88(122-93(106)75-48-28-11-29-49-75)89(108-3)101(65-115-97)54-56-111-95(127-101)77-52-32-13-33-53-77/h4-53,66-67,78-89,94-99H,54-65H2,1-3H3. The van der Waals surface area contributed by atoms with Crippen LogP contribution in [0.1, 0.15) is 108 Å². The fourth-order valence-electron chi connectivity index (χ4n) is 16.7. The summed E-state index contributed by atoms with van der Waals surface area (Å²) in [5, 5.41) is 0. The molecule has 10 aromatic rings. The Balaban J connectivity index is 0.775. The summed E-state index contributed by atoms with van der Waals surface area (Å²) in [6, 6.07) is 90.2. The summed E-state index contributed by atoms with van der Waals surface area (Å²) < 4.78 is 138. The van der Waals surface area contributed by atoms with E-state index in [1.54, 1.807) is 128 Å². The number of carbonyl (C=O) groups excluding carboxylic acids is 5. The molecule has 21 unspecified atom stereocenters. The van der Waals surface area contributed by atoms with Gasteiger partial charge >= 0.3 is 30.0 Å². The molecule has 0 N–H and O–H groups in total. The predicted octanol–water partition coefficient (Wildman–Crippen LogP) is 15.1. The van der Waals surface area contributed by atoms with Crippen LogP contribution in [0.4, 0.5) is 4.79 Å². The first-order chi connectivity index (χ1) is 62.3. The van der Waals surface area contributed by atoms with Crippen molar-refractivity contribution >= 4 is 30.0 Å². The van der Waals surface area contributed by atoms with E-state index in [0.29, 0.717) is 5.56 Å². The van der Waals surface area contributed by atoms with Crippen molar-refractivity contribution in [1.82, 2.24) is 4.90 Å². The zero-order valence-corrected chi connectivity index (χ0v) is 70.6. The molecule has 662 valence electrons. The number of esters is 4. The van der Waals surface area contributed by atoms with E-state index >= 15 is 9.59 Å². The van der Waals surface area contributed by atoms with E-state index in [0.717, 1.165) is 27.8 Å². The molecule has 0 aromatic heterocycles. The highest BCUT2D eigenvalue weighted by Gasteiger charge is 2.62. The van der Waals surface area contributed by atoms with Crippen LogP contribution < -0.4 is 0 Å². The van der Waals surface area contributed by atoms with Crippen molar-refractivity contribution in [3.63, 3.8) is 0 Å². The van der Waals surface area contributed by atoms with Crippen LogP contribution in [0.15, 0.2) is 303 Å². The number of ether oxygens (including phenoxy) is 20. The Bertz CT molecular complexity index is 5090. The Morgan fingerprint density at radius 3 is 1.28 bits per heavy atom. The molecule has 1 spiro atoms. The van der Waals surface area contributed by atoms with Crippen LogP contribution in [0.2, 0.25) is 0 Å². The van der Waals surface area contributed by atoms with E-state index in [1.165, 1.54) is 12.0 Å². The lowest BCUT2D eigenvalue weighted by Gasteiger charge is -2.53. The molecule has 26 heteroatoms. The maximum absolute atomic E-state index is 15.5. The average Bonchev–Trinajstić information content (AvgIpc) is 0.748. The van der Waals surface area contributed by atoms with Gasteiger partial charge < -0.3 is 99.6 Å². The molecule has 10 aromatic carbocycles. The molecule has 0 bridgehead atoms. The number of hydrogen-bond donors (Lipinski definition) is 0. The smallest absolute Gasteiger partial charge is 0.410 e. The van der Waals surface area contributed by atoms with Gasteiger partial charge in [0, 0.05) is 49.6 Å². The second-order valence-electron chi connectivity index (χ2n) is 32.0. The number of rotatable bonds is 33. The zero-order valence-electron chi connectivity index (χ0n) is 70.6. The molecule has 0 saturated carbocycles. The first-order valence-electron chi connectivity index (χ1n) is 42.9. The summed E-state index contributed by atoms with van der Waals surface area (Å²) in [4.78, 5) is 76.1. The van der Waals surface area contributed by atoms with Gasteiger partial charge in [0.2, 0.25) is 0 Å². The lowest BCUT2D eigenvalue weighted by Crippen LogP contribution is -2.69. The van der Waals surface area contributed by atoms with E-state index < -0.39 is 158 Å². The van der Waals surface area contributed by atoms with E-state index in [1.807, 2.05) is 189 Å². The Labute approximate surface area is 737 Å². The van der Waals surface area contributed by atoms with Gasteiger partial charge in [0.25, 0.3) is 0 Å². The molecular formula is C101H103NO25. The van der Waals surface area contributed by atoms with Gasteiger partial charge in [-0.2, -0.15) is 0 Å².